The highest BCUT2D eigenvalue weighted by atomic mass is 35.5. The molecular formula is C21H32ClN3O3. The number of rotatable bonds is 10. The van der Waals surface area contributed by atoms with Crippen molar-refractivity contribution in [1.29, 1.82) is 0 Å². The van der Waals surface area contributed by atoms with Gasteiger partial charge in [0, 0.05) is 37.2 Å². The van der Waals surface area contributed by atoms with Crippen LogP contribution < -0.4 is 10.6 Å². The second-order valence-corrected chi connectivity index (χ2v) is 7.61. The highest BCUT2D eigenvalue weighted by Crippen LogP contribution is 2.19. The summed E-state index contributed by atoms with van der Waals surface area (Å²) in [5.74, 6) is 0.164. The first-order chi connectivity index (χ1) is 13.5. The Kier molecular flexibility index (Phi) is 9.75. The van der Waals surface area contributed by atoms with Crippen molar-refractivity contribution >= 4 is 23.4 Å². The molecule has 2 N–H and O–H groups in total. The van der Waals surface area contributed by atoms with Crippen LogP contribution in [0.3, 0.4) is 0 Å². The van der Waals surface area contributed by atoms with Gasteiger partial charge >= 0.3 is 0 Å². The van der Waals surface area contributed by atoms with Crippen molar-refractivity contribution in [3.05, 3.63) is 34.9 Å². The number of halogens is 1. The standard InChI is InChI=1S/C21H32ClN3O3/c1-3-28-14-4-11-23-21(27)18-9-12-25(13-10-18)16(2)20(26)24-15-17-5-7-19(22)8-6-17/h5-8,16,18H,3-4,9-15H2,1-2H3,(H,23,27)(H,24,26). The lowest BCUT2D eigenvalue weighted by atomic mass is 9.95. The van der Waals surface area contributed by atoms with Gasteiger partial charge in [-0.05, 0) is 63.9 Å². The monoisotopic (exact) mass is 409 g/mol. The fraction of sp³-hybridized carbons (Fsp3) is 0.619. The summed E-state index contributed by atoms with van der Waals surface area (Å²) >= 11 is 5.88. The third-order valence-electron chi connectivity index (χ3n) is 5.18. The number of piperidine rings is 1. The minimum Gasteiger partial charge on any atom is -0.382 e. The number of nitrogens with zero attached hydrogens (tertiary/aromatic N) is 1. The zero-order chi connectivity index (χ0) is 20.4. The van der Waals surface area contributed by atoms with Crippen LogP contribution in [0.4, 0.5) is 0 Å². The quantitative estimate of drug-likeness (QED) is 0.583. The minimum absolute atomic E-state index is 0.00813. The van der Waals surface area contributed by atoms with Gasteiger partial charge in [-0.25, -0.2) is 0 Å². The van der Waals surface area contributed by atoms with Gasteiger partial charge in [0.1, 0.15) is 0 Å². The smallest absolute Gasteiger partial charge is 0.237 e. The van der Waals surface area contributed by atoms with E-state index in [0.29, 0.717) is 31.3 Å². The molecule has 0 bridgehead atoms. The van der Waals surface area contributed by atoms with E-state index in [1.54, 1.807) is 0 Å². The zero-order valence-corrected chi connectivity index (χ0v) is 17.6. The SMILES string of the molecule is CCOCCCNC(=O)C1CCN(C(C)C(=O)NCc2ccc(Cl)cc2)CC1. The Balaban J connectivity index is 1.67. The van der Waals surface area contributed by atoms with Crippen molar-refractivity contribution < 1.29 is 14.3 Å². The maximum absolute atomic E-state index is 12.5. The Morgan fingerprint density at radius 3 is 2.54 bits per heavy atom. The van der Waals surface area contributed by atoms with Gasteiger partial charge in [-0.2, -0.15) is 0 Å². The van der Waals surface area contributed by atoms with Gasteiger partial charge in [0.15, 0.2) is 0 Å². The van der Waals surface area contributed by atoms with Crippen LogP contribution in [-0.2, 0) is 20.9 Å². The van der Waals surface area contributed by atoms with Crippen molar-refractivity contribution in [2.45, 2.75) is 45.7 Å². The van der Waals surface area contributed by atoms with Gasteiger partial charge in [-0.3, -0.25) is 14.5 Å². The molecule has 1 heterocycles. The largest absolute Gasteiger partial charge is 0.382 e. The first-order valence-electron chi connectivity index (χ1n) is 10.1. The number of amides is 2. The molecule has 7 heteroatoms. The Morgan fingerprint density at radius 2 is 1.89 bits per heavy atom. The van der Waals surface area contributed by atoms with Gasteiger partial charge in [-0.15, -0.1) is 0 Å². The molecule has 2 amide bonds. The Bertz CT molecular complexity index is 616. The van der Waals surface area contributed by atoms with Gasteiger partial charge < -0.3 is 15.4 Å². The molecule has 1 aromatic carbocycles. The number of nitrogens with one attached hydrogen (secondary N) is 2. The fourth-order valence-electron chi connectivity index (χ4n) is 3.33. The first-order valence-corrected chi connectivity index (χ1v) is 10.5. The summed E-state index contributed by atoms with van der Waals surface area (Å²) in [6.45, 7) is 7.93. The predicted molar refractivity (Wildman–Crippen MR) is 111 cm³/mol. The van der Waals surface area contributed by atoms with Crippen molar-refractivity contribution in [2.24, 2.45) is 5.92 Å². The highest BCUT2D eigenvalue weighted by Gasteiger charge is 2.29. The van der Waals surface area contributed by atoms with Crippen molar-refractivity contribution in [2.75, 3.05) is 32.8 Å². The van der Waals surface area contributed by atoms with Gasteiger partial charge in [0.25, 0.3) is 0 Å². The third kappa shape index (κ3) is 7.41. The topological polar surface area (TPSA) is 70.7 Å². The fourth-order valence-corrected chi connectivity index (χ4v) is 3.45. The lowest BCUT2D eigenvalue weighted by molar-refractivity contribution is -0.128. The number of carbonyl (C=O) groups is 2. The third-order valence-corrected chi connectivity index (χ3v) is 5.43. The van der Waals surface area contributed by atoms with Gasteiger partial charge in [0.05, 0.1) is 6.04 Å². The van der Waals surface area contributed by atoms with Gasteiger partial charge in [0.2, 0.25) is 11.8 Å². The number of hydrogen-bond donors (Lipinski definition) is 2. The van der Waals surface area contributed by atoms with E-state index >= 15 is 0 Å². The number of carbonyl (C=O) groups excluding carboxylic acids is 2. The maximum atomic E-state index is 12.5. The Labute approximate surface area is 172 Å². The van der Waals surface area contributed by atoms with E-state index in [4.69, 9.17) is 16.3 Å². The maximum Gasteiger partial charge on any atom is 0.237 e. The molecule has 0 radical (unpaired) electrons. The van der Waals surface area contributed by atoms with Gasteiger partial charge in [-0.1, -0.05) is 23.7 Å². The van der Waals surface area contributed by atoms with Crippen molar-refractivity contribution in [3.8, 4) is 0 Å². The molecule has 6 nitrogen and oxygen atoms in total. The minimum atomic E-state index is -0.206. The lowest BCUT2D eigenvalue weighted by Gasteiger charge is -2.34. The molecule has 0 aliphatic carbocycles. The second-order valence-electron chi connectivity index (χ2n) is 7.17. The van der Waals surface area contributed by atoms with Crippen LogP contribution in [0.2, 0.25) is 5.02 Å². The molecule has 1 aliphatic rings. The van der Waals surface area contributed by atoms with Crippen LogP contribution in [0.1, 0.15) is 38.7 Å². The summed E-state index contributed by atoms with van der Waals surface area (Å²) in [7, 11) is 0. The van der Waals surface area contributed by atoms with E-state index in [9.17, 15) is 9.59 Å². The molecule has 1 aliphatic heterocycles. The molecule has 0 aromatic heterocycles. The Hall–Kier alpha value is -1.63. The number of benzene rings is 1. The number of likely N-dealkylation sites (tertiary alicyclic amines) is 1. The average molecular weight is 410 g/mol. The molecule has 1 aromatic rings. The molecule has 1 saturated heterocycles. The van der Waals surface area contributed by atoms with E-state index in [1.807, 2.05) is 38.1 Å². The van der Waals surface area contributed by atoms with Crippen LogP contribution in [0, 0.1) is 5.92 Å². The first kappa shape index (κ1) is 22.7. The van der Waals surface area contributed by atoms with Crippen molar-refractivity contribution in [3.63, 3.8) is 0 Å². The number of hydrogen-bond acceptors (Lipinski definition) is 4. The molecule has 156 valence electrons. The second kappa shape index (κ2) is 12.0. The lowest BCUT2D eigenvalue weighted by Crippen LogP contribution is -2.49. The predicted octanol–water partition coefficient (Wildman–Crippen LogP) is 2.60. The van der Waals surface area contributed by atoms with E-state index in [2.05, 4.69) is 15.5 Å². The summed E-state index contributed by atoms with van der Waals surface area (Å²) in [6, 6.07) is 7.25. The van der Waals surface area contributed by atoms with Crippen LogP contribution in [0.25, 0.3) is 0 Å². The Morgan fingerprint density at radius 1 is 1.21 bits per heavy atom. The molecule has 1 atom stereocenters. The van der Waals surface area contributed by atoms with Crippen LogP contribution >= 0.6 is 11.6 Å². The summed E-state index contributed by atoms with van der Waals surface area (Å²) in [5.41, 5.74) is 1.02. The summed E-state index contributed by atoms with van der Waals surface area (Å²) in [6.07, 6.45) is 2.40. The molecule has 1 fully saturated rings. The average Bonchev–Trinajstić information content (AvgIpc) is 2.72. The molecule has 2 rings (SSSR count). The number of ether oxygens (including phenoxy) is 1. The summed E-state index contributed by atoms with van der Waals surface area (Å²) < 4.78 is 5.28. The van der Waals surface area contributed by atoms with E-state index < -0.39 is 0 Å². The molecule has 0 spiro atoms. The zero-order valence-electron chi connectivity index (χ0n) is 16.9. The molecule has 0 saturated carbocycles. The molecule has 28 heavy (non-hydrogen) atoms. The molecule has 1 unspecified atom stereocenters. The molecular weight excluding hydrogens is 378 g/mol. The van der Waals surface area contributed by atoms with Crippen LogP contribution in [0.5, 0.6) is 0 Å². The highest BCUT2D eigenvalue weighted by molar-refractivity contribution is 6.30. The summed E-state index contributed by atoms with van der Waals surface area (Å²) in [5, 5.41) is 6.66. The van der Waals surface area contributed by atoms with Crippen molar-refractivity contribution in [1.82, 2.24) is 15.5 Å². The van der Waals surface area contributed by atoms with Crippen LogP contribution in [0.15, 0.2) is 24.3 Å². The summed E-state index contributed by atoms with van der Waals surface area (Å²) in [4.78, 5) is 26.9. The van der Waals surface area contributed by atoms with E-state index in [-0.39, 0.29) is 23.8 Å². The van der Waals surface area contributed by atoms with Crippen LogP contribution in [-0.4, -0.2) is 55.6 Å². The normalized spacial score (nSPS) is 16.5. The van der Waals surface area contributed by atoms with E-state index in [0.717, 1.165) is 37.9 Å². The van der Waals surface area contributed by atoms with E-state index in [1.165, 1.54) is 0 Å².